The number of anilines is 2. The number of imidazole rings is 1. The average Bonchev–Trinajstić information content (AvgIpc) is 3.70. The number of carbonyl (C=O) groups is 2. The SMILES string of the molecule is O=C(Nc1ccc(-c2nc3ccc(NC(=O)C4CC5CCC4C5)cc3[nH]2)cc1)C1CC2C=CC1C2. The summed E-state index contributed by atoms with van der Waals surface area (Å²) >= 11 is 0. The quantitative estimate of drug-likeness (QED) is 0.418. The molecule has 3 N–H and O–H groups in total. The molecule has 1 aromatic heterocycles. The summed E-state index contributed by atoms with van der Waals surface area (Å²) in [6.45, 7) is 0. The minimum atomic E-state index is 0.0959. The molecule has 178 valence electrons. The van der Waals surface area contributed by atoms with Crippen molar-refractivity contribution in [1.82, 2.24) is 9.97 Å². The lowest BCUT2D eigenvalue weighted by Crippen LogP contribution is -2.27. The summed E-state index contributed by atoms with van der Waals surface area (Å²) in [4.78, 5) is 33.7. The fraction of sp³-hybridized carbons (Fsp3) is 0.414. The van der Waals surface area contributed by atoms with Crippen molar-refractivity contribution in [2.24, 2.45) is 35.5 Å². The van der Waals surface area contributed by atoms with Crippen LogP contribution in [0.15, 0.2) is 54.6 Å². The number of nitrogens with zero attached hydrogens (tertiary/aromatic N) is 1. The number of aromatic amines is 1. The number of H-pyrrole nitrogens is 1. The highest BCUT2D eigenvalue weighted by Crippen LogP contribution is 2.48. The van der Waals surface area contributed by atoms with Gasteiger partial charge in [-0.1, -0.05) is 18.6 Å². The Labute approximate surface area is 204 Å². The molecule has 1 heterocycles. The summed E-state index contributed by atoms with van der Waals surface area (Å²) in [6.07, 6.45) is 11.3. The highest BCUT2D eigenvalue weighted by molar-refractivity contribution is 5.95. The maximum absolute atomic E-state index is 12.8. The first-order chi connectivity index (χ1) is 17.1. The van der Waals surface area contributed by atoms with Crippen LogP contribution in [-0.2, 0) is 9.59 Å². The molecule has 35 heavy (non-hydrogen) atoms. The van der Waals surface area contributed by atoms with Gasteiger partial charge in [0.2, 0.25) is 11.8 Å². The molecule has 4 aliphatic rings. The number of fused-ring (bicyclic) bond motifs is 5. The van der Waals surface area contributed by atoms with Crippen LogP contribution in [-0.4, -0.2) is 21.8 Å². The van der Waals surface area contributed by atoms with Crippen LogP contribution in [0.5, 0.6) is 0 Å². The van der Waals surface area contributed by atoms with Crippen LogP contribution < -0.4 is 10.6 Å². The molecular formula is C29H30N4O2. The molecule has 6 nitrogen and oxygen atoms in total. The van der Waals surface area contributed by atoms with Gasteiger partial charge < -0.3 is 15.6 Å². The Kier molecular flexibility index (Phi) is 4.83. The van der Waals surface area contributed by atoms with Crippen LogP contribution in [0.1, 0.15) is 38.5 Å². The van der Waals surface area contributed by atoms with E-state index in [1.807, 2.05) is 42.5 Å². The van der Waals surface area contributed by atoms with Crippen molar-refractivity contribution >= 4 is 34.2 Å². The van der Waals surface area contributed by atoms with Crippen molar-refractivity contribution in [1.29, 1.82) is 0 Å². The number of allylic oxidation sites excluding steroid dienone is 2. The second-order valence-corrected chi connectivity index (χ2v) is 11.0. The van der Waals surface area contributed by atoms with Gasteiger partial charge in [0.15, 0.2) is 0 Å². The molecule has 0 radical (unpaired) electrons. The van der Waals surface area contributed by atoms with E-state index in [9.17, 15) is 9.59 Å². The van der Waals surface area contributed by atoms with Crippen molar-refractivity contribution < 1.29 is 9.59 Å². The van der Waals surface area contributed by atoms with E-state index in [1.165, 1.54) is 19.3 Å². The minimum Gasteiger partial charge on any atom is -0.338 e. The molecule has 6 heteroatoms. The summed E-state index contributed by atoms with van der Waals surface area (Å²) in [5.74, 6) is 3.63. The molecule has 6 unspecified atom stereocenters. The predicted molar refractivity (Wildman–Crippen MR) is 137 cm³/mol. The van der Waals surface area contributed by atoms with E-state index in [-0.39, 0.29) is 23.7 Å². The molecule has 2 aromatic carbocycles. The number of nitrogens with one attached hydrogen (secondary N) is 3. The Morgan fingerprint density at radius 3 is 2.34 bits per heavy atom. The summed E-state index contributed by atoms with van der Waals surface area (Å²) in [6, 6.07) is 13.7. The van der Waals surface area contributed by atoms with Crippen LogP contribution in [0.4, 0.5) is 11.4 Å². The second kappa shape index (κ2) is 8.08. The van der Waals surface area contributed by atoms with E-state index in [2.05, 4.69) is 27.8 Å². The number of carbonyl (C=O) groups excluding carboxylic acids is 2. The van der Waals surface area contributed by atoms with Crippen molar-refractivity contribution in [2.45, 2.75) is 38.5 Å². The fourth-order valence-electron chi connectivity index (χ4n) is 7.05. The first-order valence-electron chi connectivity index (χ1n) is 13.0. The van der Waals surface area contributed by atoms with E-state index >= 15 is 0 Å². The zero-order chi connectivity index (χ0) is 23.5. The van der Waals surface area contributed by atoms with E-state index < -0.39 is 0 Å². The molecule has 4 aliphatic carbocycles. The number of hydrogen-bond acceptors (Lipinski definition) is 3. The van der Waals surface area contributed by atoms with Crippen LogP contribution in [0, 0.1) is 35.5 Å². The first kappa shape index (κ1) is 20.9. The van der Waals surface area contributed by atoms with Crippen LogP contribution in [0.25, 0.3) is 22.4 Å². The Balaban J connectivity index is 1.03. The highest BCUT2D eigenvalue weighted by atomic mass is 16.2. The van der Waals surface area contributed by atoms with Crippen molar-refractivity contribution in [2.75, 3.05) is 10.6 Å². The number of hydrogen-bond donors (Lipinski definition) is 3. The topological polar surface area (TPSA) is 86.9 Å². The number of benzene rings is 2. The zero-order valence-corrected chi connectivity index (χ0v) is 19.7. The Morgan fingerprint density at radius 2 is 1.63 bits per heavy atom. The van der Waals surface area contributed by atoms with Crippen molar-refractivity contribution in [3.8, 4) is 11.4 Å². The van der Waals surface area contributed by atoms with E-state index in [0.29, 0.717) is 17.8 Å². The molecule has 3 saturated carbocycles. The van der Waals surface area contributed by atoms with E-state index in [4.69, 9.17) is 4.98 Å². The van der Waals surface area contributed by atoms with Gasteiger partial charge in [0, 0.05) is 28.8 Å². The molecule has 7 rings (SSSR count). The number of rotatable bonds is 5. The molecule has 0 spiro atoms. The third-order valence-electron chi connectivity index (χ3n) is 8.87. The van der Waals surface area contributed by atoms with Gasteiger partial charge in [-0.3, -0.25) is 9.59 Å². The first-order valence-corrected chi connectivity index (χ1v) is 13.0. The van der Waals surface area contributed by atoms with E-state index in [0.717, 1.165) is 59.0 Å². The van der Waals surface area contributed by atoms with Gasteiger partial charge in [-0.05, 0) is 98.2 Å². The summed E-state index contributed by atoms with van der Waals surface area (Å²) in [5, 5.41) is 6.23. The predicted octanol–water partition coefficient (Wildman–Crippen LogP) is 5.76. The smallest absolute Gasteiger partial charge is 0.228 e. The minimum absolute atomic E-state index is 0.0959. The van der Waals surface area contributed by atoms with Gasteiger partial charge in [-0.15, -0.1) is 0 Å². The maximum Gasteiger partial charge on any atom is 0.228 e. The van der Waals surface area contributed by atoms with Crippen LogP contribution in [0.3, 0.4) is 0 Å². The van der Waals surface area contributed by atoms with Gasteiger partial charge in [0.05, 0.1) is 11.0 Å². The van der Waals surface area contributed by atoms with E-state index in [1.54, 1.807) is 0 Å². The van der Waals surface area contributed by atoms with Gasteiger partial charge in [-0.2, -0.15) is 0 Å². The molecular weight excluding hydrogens is 436 g/mol. The maximum atomic E-state index is 12.8. The fourth-order valence-corrected chi connectivity index (χ4v) is 7.05. The largest absolute Gasteiger partial charge is 0.338 e. The zero-order valence-electron chi connectivity index (χ0n) is 19.7. The lowest BCUT2D eigenvalue weighted by molar-refractivity contribution is -0.121. The van der Waals surface area contributed by atoms with Gasteiger partial charge in [-0.25, -0.2) is 4.98 Å². The summed E-state index contributed by atoms with van der Waals surface area (Å²) < 4.78 is 0. The van der Waals surface area contributed by atoms with Gasteiger partial charge in [0.1, 0.15) is 5.82 Å². The average molecular weight is 467 g/mol. The molecule has 2 amide bonds. The summed E-state index contributed by atoms with van der Waals surface area (Å²) in [7, 11) is 0. The van der Waals surface area contributed by atoms with Crippen molar-refractivity contribution in [3.05, 3.63) is 54.6 Å². The van der Waals surface area contributed by atoms with Crippen molar-refractivity contribution in [3.63, 3.8) is 0 Å². The molecule has 4 bridgehead atoms. The third-order valence-corrected chi connectivity index (χ3v) is 8.87. The molecule has 0 aliphatic heterocycles. The Hall–Kier alpha value is -3.41. The normalized spacial score (nSPS) is 30.3. The second-order valence-electron chi connectivity index (χ2n) is 11.0. The monoisotopic (exact) mass is 466 g/mol. The van der Waals surface area contributed by atoms with Gasteiger partial charge in [0.25, 0.3) is 0 Å². The molecule has 0 saturated heterocycles. The third kappa shape index (κ3) is 3.76. The number of aromatic nitrogens is 2. The lowest BCUT2D eigenvalue weighted by atomic mass is 9.88. The summed E-state index contributed by atoms with van der Waals surface area (Å²) in [5.41, 5.74) is 4.34. The van der Waals surface area contributed by atoms with Gasteiger partial charge >= 0.3 is 0 Å². The molecule has 6 atom stereocenters. The Bertz CT molecular complexity index is 1340. The standard InChI is InChI=1S/C29H30N4O2/c34-28(23-13-16-1-3-19(23)11-16)30-21-7-5-18(6-8-21)27-32-25-10-9-22(15-26(25)33-27)31-29(35)24-14-17-2-4-20(24)12-17/h1,3,5-10,15-17,19-20,23-24H,2,4,11-14H2,(H,30,34)(H,31,35)(H,32,33). The van der Waals surface area contributed by atoms with Crippen LogP contribution in [0.2, 0.25) is 0 Å². The molecule has 3 aromatic rings. The molecule has 3 fully saturated rings. The van der Waals surface area contributed by atoms with Crippen LogP contribution >= 0.6 is 0 Å². The Morgan fingerprint density at radius 1 is 0.829 bits per heavy atom. The number of amides is 2. The lowest BCUT2D eigenvalue weighted by Gasteiger charge is -2.20. The highest BCUT2D eigenvalue weighted by Gasteiger charge is 2.43.